The van der Waals surface area contributed by atoms with E-state index in [-0.39, 0.29) is 18.4 Å². The van der Waals surface area contributed by atoms with Crippen molar-refractivity contribution in [1.82, 2.24) is 4.90 Å². The van der Waals surface area contributed by atoms with Crippen molar-refractivity contribution >= 4 is 23.2 Å². The Hall–Kier alpha value is -2.66. The number of nitrogens with zero attached hydrogens (tertiary/aromatic N) is 2. The molecule has 2 aromatic rings. The minimum atomic E-state index is -0.411. The van der Waals surface area contributed by atoms with Crippen LogP contribution in [0.4, 0.5) is 11.4 Å². The van der Waals surface area contributed by atoms with Gasteiger partial charge in [0, 0.05) is 17.9 Å². The van der Waals surface area contributed by atoms with Crippen LogP contribution in [0.2, 0.25) is 0 Å². The van der Waals surface area contributed by atoms with Crippen LogP contribution in [0.3, 0.4) is 0 Å². The van der Waals surface area contributed by atoms with E-state index in [0.717, 1.165) is 22.5 Å². The number of hydrogen-bond donors (Lipinski definition) is 1. The minimum absolute atomic E-state index is 0.0216. The molecule has 0 aliphatic carbocycles. The summed E-state index contributed by atoms with van der Waals surface area (Å²) in [7, 11) is 1.80. The predicted molar refractivity (Wildman–Crippen MR) is 116 cm³/mol. The fourth-order valence-electron chi connectivity index (χ4n) is 3.41. The van der Waals surface area contributed by atoms with Gasteiger partial charge in [-0.3, -0.25) is 14.5 Å². The SMILES string of the molecule is CCN(C(=O)[C@@H](C)N(C)CC(=O)Nc1c(C)cc(C)cc1C)c1ccccc1. The lowest BCUT2D eigenvalue weighted by atomic mass is 10.1. The first kappa shape index (κ1) is 21.6. The van der Waals surface area contributed by atoms with E-state index < -0.39 is 6.04 Å². The topological polar surface area (TPSA) is 52.7 Å². The zero-order valence-electron chi connectivity index (χ0n) is 17.7. The molecule has 0 unspecified atom stereocenters. The highest BCUT2D eigenvalue weighted by Crippen LogP contribution is 2.22. The highest BCUT2D eigenvalue weighted by Gasteiger charge is 2.25. The van der Waals surface area contributed by atoms with Crippen molar-refractivity contribution in [2.75, 3.05) is 30.4 Å². The Morgan fingerprint density at radius 3 is 2.14 bits per heavy atom. The Bertz CT molecular complexity index is 810. The van der Waals surface area contributed by atoms with Gasteiger partial charge in [-0.25, -0.2) is 0 Å². The van der Waals surface area contributed by atoms with Crippen molar-refractivity contribution in [2.24, 2.45) is 0 Å². The summed E-state index contributed by atoms with van der Waals surface area (Å²) in [4.78, 5) is 29.0. The van der Waals surface area contributed by atoms with Crippen molar-refractivity contribution < 1.29 is 9.59 Å². The van der Waals surface area contributed by atoms with E-state index in [1.807, 2.05) is 65.0 Å². The summed E-state index contributed by atoms with van der Waals surface area (Å²) in [6.45, 7) is 10.5. The smallest absolute Gasteiger partial charge is 0.244 e. The second kappa shape index (κ2) is 9.51. The number of likely N-dealkylation sites (N-methyl/N-ethyl adjacent to an activating group) is 2. The van der Waals surface area contributed by atoms with E-state index >= 15 is 0 Å². The number of hydrogen-bond acceptors (Lipinski definition) is 3. The van der Waals surface area contributed by atoms with Crippen LogP contribution in [0, 0.1) is 20.8 Å². The molecule has 0 saturated carbocycles. The third-order valence-electron chi connectivity index (χ3n) is 5.00. The second-order valence-electron chi connectivity index (χ2n) is 7.33. The number of nitrogens with one attached hydrogen (secondary N) is 1. The lowest BCUT2D eigenvalue weighted by Gasteiger charge is -2.29. The maximum absolute atomic E-state index is 13.0. The molecule has 2 amide bonds. The Balaban J connectivity index is 2.04. The molecule has 2 rings (SSSR count). The molecule has 0 aliphatic rings. The van der Waals surface area contributed by atoms with E-state index in [4.69, 9.17) is 0 Å². The largest absolute Gasteiger partial charge is 0.324 e. The third kappa shape index (κ3) is 5.20. The molecule has 1 atom stereocenters. The van der Waals surface area contributed by atoms with Gasteiger partial charge in [0.15, 0.2) is 0 Å². The molecule has 28 heavy (non-hydrogen) atoms. The van der Waals surface area contributed by atoms with Crippen molar-refractivity contribution in [2.45, 2.75) is 40.7 Å². The molecule has 2 aromatic carbocycles. The quantitative estimate of drug-likeness (QED) is 0.791. The molecule has 150 valence electrons. The van der Waals surface area contributed by atoms with Gasteiger partial charge in [-0.1, -0.05) is 35.9 Å². The fourth-order valence-corrected chi connectivity index (χ4v) is 3.41. The predicted octanol–water partition coefficient (Wildman–Crippen LogP) is 3.92. The summed E-state index contributed by atoms with van der Waals surface area (Å²) in [6.07, 6.45) is 0. The number of para-hydroxylation sites is 1. The molecule has 0 heterocycles. The number of carbonyl (C=O) groups excluding carboxylic acids is 2. The second-order valence-corrected chi connectivity index (χ2v) is 7.33. The molecule has 0 aromatic heterocycles. The first-order valence-electron chi connectivity index (χ1n) is 9.69. The average molecular weight is 382 g/mol. The normalized spacial score (nSPS) is 12.0. The van der Waals surface area contributed by atoms with E-state index in [2.05, 4.69) is 17.4 Å². The zero-order chi connectivity index (χ0) is 20.8. The molecule has 5 nitrogen and oxygen atoms in total. The third-order valence-corrected chi connectivity index (χ3v) is 5.00. The molecule has 0 bridgehead atoms. The summed E-state index contributed by atoms with van der Waals surface area (Å²) in [5.74, 6) is -0.147. The van der Waals surface area contributed by atoms with Crippen LogP contribution in [0.15, 0.2) is 42.5 Å². The molecule has 0 radical (unpaired) electrons. The molecule has 0 fully saturated rings. The van der Waals surface area contributed by atoms with E-state index in [1.165, 1.54) is 5.56 Å². The number of amides is 2. The highest BCUT2D eigenvalue weighted by atomic mass is 16.2. The molecule has 0 spiro atoms. The van der Waals surface area contributed by atoms with Gasteiger partial charge in [-0.2, -0.15) is 0 Å². The number of rotatable bonds is 7. The van der Waals surface area contributed by atoms with Crippen molar-refractivity contribution in [1.29, 1.82) is 0 Å². The molecular weight excluding hydrogens is 350 g/mol. The van der Waals surface area contributed by atoms with Crippen LogP contribution in [0.5, 0.6) is 0 Å². The van der Waals surface area contributed by atoms with Gasteiger partial charge < -0.3 is 10.2 Å². The van der Waals surface area contributed by atoms with Gasteiger partial charge in [0.05, 0.1) is 12.6 Å². The van der Waals surface area contributed by atoms with Crippen LogP contribution in [-0.4, -0.2) is 42.9 Å². The number of anilines is 2. The zero-order valence-corrected chi connectivity index (χ0v) is 17.7. The Kier molecular flexibility index (Phi) is 7.35. The van der Waals surface area contributed by atoms with Crippen molar-refractivity contribution in [3.63, 3.8) is 0 Å². The van der Waals surface area contributed by atoms with Gasteiger partial charge in [-0.05, 0) is 64.9 Å². The van der Waals surface area contributed by atoms with Crippen LogP contribution >= 0.6 is 0 Å². The van der Waals surface area contributed by atoms with Gasteiger partial charge in [0.2, 0.25) is 11.8 Å². The summed E-state index contributed by atoms with van der Waals surface area (Å²) in [6, 6.07) is 13.3. The summed E-state index contributed by atoms with van der Waals surface area (Å²) < 4.78 is 0. The lowest BCUT2D eigenvalue weighted by Crippen LogP contribution is -2.48. The summed E-state index contributed by atoms with van der Waals surface area (Å²) >= 11 is 0. The molecule has 0 aliphatic heterocycles. The van der Waals surface area contributed by atoms with E-state index in [0.29, 0.717) is 6.54 Å². The fraction of sp³-hybridized carbons (Fsp3) is 0.391. The lowest BCUT2D eigenvalue weighted by molar-refractivity contribution is -0.124. The van der Waals surface area contributed by atoms with Crippen molar-refractivity contribution in [3.8, 4) is 0 Å². The van der Waals surface area contributed by atoms with Crippen LogP contribution in [0.25, 0.3) is 0 Å². The summed E-state index contributed by atoms with van der Waals surface area (Å²) in [5.41, 5.74) is 4.97. The van der Waals surface area contributed by atoms with E-state index in [9.17, 15) is 9.59 Å². The highest BCUT2D eigenvalue weighted by molar-refractivity contribution is 5.98. The molecule has 5 heteroatoms. The first-order valence-corrected chi connectivity index (χ1v) is 9.69. The Morgan fingerprint density at radius 2 is 1.61 bits per heavy atom. The average Bonchev–Trinajstić information content (AvgIpc) is 2.65. The summed E-state index contributed by atoms with van der Waals surface area (Å²) in [5, 5.41) is 3.00. The maximum Gasteiger partial charge on any atom is 0.244 e. The van der Waals surface area contributed by atoms with E-state index in [1.54, 1.807) is 16.8 Å². The van der Waals surface area contributed by atoms with Crippen LogP contribution in [0.1, 0.15) is 30.5 Å². The van der Waals surface area contributed by atoms with Crippen LogP contribution in [-0.2, 0) is 9.59 Å². The van der Waals surface area contributed by atoms with Gasteiger partial charge >= 0.3 is 0 Å². The Morgan fingerprint density at radius 1 is 1.04 bits per heavy atom. The Labute approximate surface area is 168 Å². The number of carbonyl (C=O) groups is 2. The molecular formula is C23H31N3O2. The molecule has 0 saturated heterocycles. The van der Waals surface area contributed by atoms with Gasteiger partial charge in [0.25, 0.3) is 0 Å². The number of benzene rings is 2. The first-order chi connectivity index (χ1) is 13.2. The van der Waals surface area contributed by atoms with Crippen molar-refractivity contribution in [3.05, 3.63) is 59.2 Å². The number of aryl methyl sites for hydroxylation is 3. The van der Waals surface area contributed by atoms with Crippen LogP contribution < -0.4 is 10.2 Å². The maximum atomic E-state index is 13.0. The molecule has 1 N–H and O–H groups in total. The minimum Gasteiger partial charge on any atom is -0.324 e. The monoisotopic (exact) mass is 381 g/mol. The van der Waals surface area contributed by atoms with Gasteiger partial charge in [0.1, 0.15) is 0 Å². The van der Waals surface area contributed by atoms with Gasteiger partial charge in [-0.15, -0.1) is 0 Å². The standard InChI is InChI=1S/C23H31N3O2/c1-7-26(20-11-9-8-10-12-20)23(28)19(5)25(6)15-21(27)24-22-17(3)13-16(2)14-18(22)4/h8-14,19H,7,15H2,1-6H3,(H,24,27)/t19-/m1/s1.